The zero-order valence-electron chi connectivity index (χ0n) is 10.1. The molecule has 96 valence electrons. The lowest BCUT2D eigenvalue weighted by Gasteiger charge is -2.08. The molecular weight excluding hydrogens is 252 g/mol. The maximum absolute atomic E-state index is 6.22. The van der Waals surface area contributed by atoms with Crippen LogP contribution in [0.4, 0.5) is 0 Å². The average Bonchev–Trinajstić information content (AvgIpc) is 2.88. The molecule has 18 heavy (non-hydrogen) atoms. The van der Waals surface area contributed by atoms with E-state index in [0.29, 0.717) is 11.6 Å². The highest BCUT2D eigenvalue weighted by atomic mass is 35.5. The Morgan fingerprint density at radius 1 is 1.44 bits per heavy atom. The lowest BCUT2D eigenvalue weighted by Crippen LogP contribution is -2.18. The van der Waals surface area contributed by atoms with Crippen LogP contribution in [0.3, 0.4) is 0 Å². The first-order valence-electron chi connectivity index (χ1n) is 5.64. The molecular formula is C12H15ClN4O. The van der Waals surface area contributed by atoms with Crippen LogP contribution in [0.2, 0.25) is 5.02 Å². The second kappa shape index (κ2) is 6.49. The first-order chi connectivity index (χ1) is 8.81. The normalized spacial score (nSPS) is 10.8. The second-order valence-electron chi connectivity index (χ2n) is 3.80. The SMILES string of the molecule is COCCNCc1ccc(-n2cncn2)c(Cl)c1. The van der Waals surface area contributed by atoms with Gasteiger partial charge in [0.25, 0.3) is 0 Å². The summed E-state index contributed by atoms with van der Waals surface area (Å²) in [5.41, 5.74) is 1.95. The molecule has 0 aliphatic carbocycles. The highest BCUT2D eigenvalue weighted by Gasteiger charge is 2.04. The molecule has 0 unspecified atom stereocenters. The van der Waals surface area contributed by atoms with Crippen LogP contribution in [0.1, 0.15) is 5.56 Å². The summed E-state index contributed by atoms with van der Waals surface area (Å²) in [5.74, 6) is 0. The summed E-state index contributed by atoms with van der Waals surface area (Å²) in [6.45, 7) is 2.28. The van der Waals surface area contributed by atoms with E-state index in [2.05, 4.69) is 15.4 Å². The number of hydrogen-bond donors (Lipinski definition) is 1. The van der Waals surface area contributed by atoms with Gasteiger partial charge in [-0.2, -0.15) is 5.10 Å². The highest BCUT2D eigenvalue weighted by Crippen LogP contribution is 2.20. The van der Waals surface area contributed by atoms with Gasteiger partial charge in [0.1, 0.15) is 12.7 Å². The molecule has 0 saturated heterocycles. The zero-order chi connectivity index (χ0) is 12.8. The van der Waals surface area contributed by atoms with E-state index in [1.807, 2.05) is 18.2 Å². The number of aromatic nitrogens is 3. The summed E-state index contributed by atoms with van der Waals surface area (Å²) in [7, 11) is 1.69. The Morgan fingerprint density at radius 2 is 2.33 bits per heavy atom. The summed E-state index contributed by atoms with van der Waals surface area (Å²) in [6, 6.07) is 5.88. The zero-order valence-corrected chi connectivity index (χ0v) is 10.9. The maximum atomic E-state index is 6.22. The van der Waals surface area contributed by atoms with Crippen LogP contribution in [0, 0.1) is 0 Å². The van der Waals surface area contributed by atoms with E-state index in [4.69, 9.17) is 16.3 Å². The molecule has 0 amide bonds. The minimum Gasteiger partial charge on any atom is -0.383 e. The molecule has 0 fully saturated rings. The van der Waals surface area contributed by atoms with Crippen LogP contribution in [-0.2, 0) is 11.3 Å². The summed E-state index contributed by atoms with van der Waals surface area (Å²) in [4.78, 5) is 3.90. The third-order valence-corrected chi connectivity index (χ3v) is 2.79. The number of nitrogens with one attached hydrogen (secondary N) is 1. The van der Waals surface area contributed by atoms with Crippen molar-refractivity contribution in [1.82, 2.24) is 20.1 Å². The Hall–Kier alpha value is -1.43. The van der Waals surface area contributed by atoms with Crippen molar-refractivity contribution in [3.05, 3.63) is 41.4 Å². The molecule has 0 saturated carbocycles. The van der Waals surface area contributed by atoms with Crippen LogP contribution in [0.15, 0.2) is 30.9 Å². The minimum atomic E-state index is 0.659. The van der Waals surface area contributed by atoms with E-state index in [0.717, 1.165) is 24.3 Å². The molecule has 0 atom stereocenters. The average molecular weight is 267 g/mol. The van der Waals surface area contributed by atoms with Crippen LogP contribution in [0.25, 0.3) is 5.69 Å². The molecule has 1 heterocycles. The molecule has 0 aliphatic rings. The molecule has 0 radical (unpaired) electrons. The number of nitrogens with zero attached hydrogens (tertiary/aromatic N) is 3. The number of benzene rings is 1. The van der Waals surface area contributed by atoms with Gasteiger partial charge in [0.05, 0.1) is 17.3 Å². The topological polar surface area (TPSA) is 52.0 Å². The summed E-state index contributed by atoms with van der Waals surface area (Å²) in [5, 5.41) is 7.98. The minimum absolute atomic E-state index is 0.659. The van der Waals surface area contributed by atoms with Crippen molar-refractivity contribution in [2.45, 2.75) is 6.54 Å². The lowest BCUT2D eigenvalue weighted by molar-refractivity contribution is 0.199. The van der Waals surface area contributed by atoms with Crippen molar-refractivity contribution in [3.8, 4) is 5.69 Å². The van der Waals surface area contributed by atoms with Crippen LogP contribution in [-0.4, -0.2) is 35.0 Å². The molecule has 2 aromatic rings. The molecule has 6 heteroatoms. The van der Waals surface area contributed by atoms with Crippen molar-refractivity contribution in [3.63, 3.8) is 0 Å². The van der Waals surface area contributed by atoms with Crippen molar-refractivity contribution in [2.24, 2.45) is 0 Å². The lowest BCUT2D eigenvalue weighted by atomic mass is 10.2. The fourth-order valence-corrected chi connectivity index (χ4v) is 1.88. The van der Waals surface area contributed by atoms with Crippen molar-refractivity contribution >= 4 is 11.6 Å². The second-order valence-corrected chi connectivity index (χ2v) is 4.20. The number of halogens is 1. The van der Waals surface area contributed by atoms with E-state index >= 15 is 0 Å². The molecule has 1 aromatic carbocycles. The predicted molar refractivity (Wildman–Crippen MR) is 70.0 cm³/mol. The largest absolute Gasteiger partial charge is 0.383 e. The standard InChI is InChI=1S/C12H15ClN4O/c1-18-5-4-14-7-10-2-3-12(11(13)6-10)17-9-15-8-16-17/h2-3,6,8-9,14H,4-5,7H2,1H3. The van der Waals surface area contributed by atoms with Crippen LogP contribution >= 0.6 is 11.6 Å². The van der Waals surface area contributed by atoms with Crippen molar-refractivity contribution < 1.29 is 4.74 Å². The Labute approximate surface area is 111 Å². The smallest absolute Gasteiger partial charge is 0.138 e. The van der Waals surface area contributed by atoms with Gasteiger partial charge in [0.2, 0.25) is 0 Å². The quantitative estimate of drug-likeness (QED) is 0.808. The highest BCUT2D eigenvalue weighted by molar-refractivity contribution is 6.32. The van der Waals surface area contributed by atoms with Crippen molar-refractivity contribution in [1.29, 1.82) is 0 Å². The number of hydrogen-bond acceptors (Lipinski definition) is 4. The van der Waals surface area contributed by atoms with Gasteiger partial charge in [0, 0.05) is 20.2 Å². The Kier molecular flexibility index (Phi) is 4.69. The first kappa shape index (κ1) is 13.0. The monoisotopic (exact) mass is 266 g/mol. The summed E-state index contributed by atoms with van der Waals surface area (Å²) in [6.07, 6.45) is 3.11. The summed E-state index contributed by atoms with van der Waals surface area (Å²) < 4.78 is 6.61. The third-order valence-electron chi connectivity index (χ3n) is 2.49. The Balaban J connectivity index is 2.01. The molecule has 1 N–H and O–H groups in total. The molecule has 0 aliphatic heterocycles. The van der Waals surface area contributed by atoms with Crippen LogP contribution < -0.4 is 5.32 Å². The van der Waals surface area contributed by atoms with Gasteiger partial charge in [-0.15, -0.1) is 0 Å². The van der Waals surface area contributed by atoms with Gasteiger partial charge < -0.3 is 10.1 Å². The van der Waals surface area contributed by atoms with Crippen molar-refractivity contribution in [2.75, 3.05) is 20.3 Å². The maximum Gasteiger partial charge on any atom is 0.138 e. The van der Waals surface area contributed by atoms with Gasteiger partial charge in [0.15, 0.2) is 0 Å². The van der Waals surface area contributed by atoms with E-state index in [1.54, 1.807) is 18.1 Å². The molecule has 0 spiro atoms. The molecule has 1 aromatic heterocycles. The third kappa shape index (κ3) is 3.29. The fourth-order valence-electron chi connectivity index (χ4n) is 1.59. The van der Waals surface area contributed by atoms with Gasteiger partial charge in [-0.1, -0.05) is 17.7 Å². The summed E-state index contributed by atoms with van der Waals surface area (Å²) >= 11 is 6.22. The Morgan fingerprint density at radius 3 is 3.00 bits per heavy atom. The Bertz CT molecular complexity index is 487. The van der Waals surface area contributed by atoms with E-state index < -0.39 is 0 Å². The molecule has 0 bridgehead atoms. The predicted octanol–water partition coefficient (Wildman–Crippen LogP) is 1.66. The van der Waals surface area contributed by atoms with Crippen LogP contribution in [0.5, 0.6) is 0 Å². The number of ether oxygens (including phenoxy) is 1. The first-order valence-corrected chi connectivity index (χ1v) is 6.02. The van der Waals surface area contributed by atoms with Gasteiger partial charge in [-0.3, -0.25) is 0 Å². The van der Waals surface area contributed by atoms with Gasteiger partial charge >= 0.3 is 0 Å². The number of rotatable bonds is 6. The van der Waals surface area contributed by atoms with E-state index in [1.165, 1.54) is 6.33 Å². The van der Waals surface area contributed by atoms with Gasteiger partial charge in [-0.05, 0) is 17.7 Å². The molecule has 5 nitrogen and oxygen atoms in total. The van der Waals surface area contributed by atoms with E-state index in [9.17, 15) is 0 Å². The van der Waals surface area contributed by atoms with Gasteiger partial charge in [-0.25, -0.2) is 9.67 Å². The number of methoxy groups -OCH3 is 1. The van der Waals surface area contributed by atoms with E-state index in [-0.39, 0.29) is 0 Å². The fraction of sp³-hybridized carbons (Fsp3) is 0.333. The molecule has 2 rings (SSSR count).